The monoisotopic (exact) mass is 505 g/mol. The summed E-state index contributed by atoms with van der Waals surface area (Å²) < 4.78 is 20.1. The highest BCUT2D eigenvalue weighted by molar-refractivity contribution is 7.99. The van der Waals surface area contributed by atoms with E-state index in [2.05, 4.69) is 26.0 Å². The Labute approximate surface area is 211 Å². The standard InChI is InChI=1S/C25H24FN7O2S/c26-21-12-10-18(11-13-21)14-28-23(34)17-36-25-32-31-24(33(25)27)30-29-15-20-8-4-5-9-22(20)35-16-19-6-2-1-3-7-19/h1-13,15H,14,16-17,27H2,(H,28,34)(H,30,31)/b29-15+. The minimum atomic E-state index is -0.322. The molecule has 0 bridgehead atoms. The van der Waals surface area contributed by atoms with E-state index in [1.807, 2.05) is 54.6 Å². The molecule has 3 aromatic carbocycles. The van der Waals surface area contributed by atoms with Gasteiger partial charge in [-0.15, -0.1) is 10.2 Å². The number of hydrazone groups is 1. The van der Waals surface area contributed by atoms with Gasteiger partial charge in [0, 0.05) is 12.1 Å². The molecule has 0 fully saturated rings. The molecule has 36 heavy (non-hydrogen) atoms. The van der Waals surface area contributed by atoms with E-state index in [0.717, 1.165) is 28.5 Å². The van der Waals surface area contributed by atoms with Crippen LogP contribution in [0.25, 0.3) is 0 Å². The minimum absolute atomic E-state index is 0.0892. The van der Waals surface area contributed by atoms with Gasteiger partial charge in [-0.2, -0.15) is 5.10 Å². The van der Waals surface area contributed by atoms with Crippen LogP contribution in [0.15, 0.2) is 89.1 Å². The molecule has 184 valence electrons. The Balaban J connectivity index is 1.27. The van der Waals surface area contributed by atoms with Crippen molar-refractivity contribution in [3.63, 3.8) is 0 Å². The summed E-state index contributed by atoms with van der Waals surface area (Å²) in [5.41, 5.74) is 5.39. The molecule has 0 radical (unpaired) electrons. The van der Waals surface area contributed by atoms with Crippen molar-refractivity contribution in [3.8, 4) is 5.75 Å². The topological polar surface area (TPSA) is 119 Å². The average molecular weight is 506 g/mol. The number of para-hydroxylation sites is 1. The molecule has 0 saturated carbocycles. The molecule has 9 nitrogen and oxygen atoms in total. The predicted octanol–water partition coefficient (Wildman–Crippen LogP) is 3.56. The van der Waals surface area contributed by atoms with Crippen molar-refractivity contribution < 1.29 is 13.9 Å². The number of halogens is 1. The molecule has 11 heteroatoms. The van der Waals surface area contributed by atoms with E-state index in [9.17, 15) is 9.18 Å². The summed E-state index contributed by atoms with van der Waals surface area (Å²) in [7, 11) is 0. The molecule has 0 aliphatic carbocycles. The van der Waals surface area contributed by atoms with Crippen molar-refractivity contribution in [2.24, 2.45) is 5.10 Å². The molecule has 0 spiro atoms. The number of aromatic nitrogens is 3. The lowest BCUT2D eigenvalue weighted by atomic mass is 10.2. The lowest BCUT2D eigenvalue weighted by Gasteiger charge is -2.09. The van der Waals surface area contributed by atoms with Crippen LogP contribution < -0.4 is 21.3 Å². The number of thioether (sulfide) groups is 1. The van der Waals surface area contributed by atoms with E-state index >= 15 is 0 Å². The maximum atomic E-state index is 13.0. The third-order valence-electron chi connectivity index (χ3n) is 4.92. The summed E-state index contributed by atoms with van der Waals surface area (Å²) in [5, 5.41) is 15.3. The molecule has 0 saturated heterocycles. The zero-order valence-electron chi connectivity index (χ0n) is 19.2. The lowest BCUT2D eigenvalue weighted by molar-refractivity contribution is -0.118. The Morgan fingerprint density at radius 3 is 2.58 bits per heavy atom. The van der Waals surface area contributed by atoms with Gasteiger partial charge in [0.15, 0.2) is 0 Å². The van der Waals surface area contributed by atoms with Crippen LogP contribution in [-0.2, 0) is 17.9 Å². The van der Waals surface area contributed by atoms with E-state index < -0.39 is 0 Å². The Morgan fingerprint density at radius 2 is 1.78 bits per heavy atom. The number of ether oxygens (including phenoxy) is 1. The van der Waals surface area contributed by atoms with Crippen LogP contribution in [0.1, 0.15) is 16.7 Å². The Bertz CT molecular complexity index is 1310. The molecular weight excluding hydrogens is 481 g/mol. The first kappa shape index (κ1) is 24.7. The summed E-state index contributed by atoms with van der Waals surface area (Å²) in [4.78, 5) is 12.1. The van der Waals surface area contributed by atoms with Gasteiger partial charge in [0.1, 0.15) is 18.2 Å². The SMILES string of the molecule is Nn1c(N/N=C/c2ccccc2OCc2ccccc2)nnc1SCC(=O)NCc1ccc(F)cc1. The van der Waals surface area contributed by atoms with Gasteiger partial charge in [-0.05, 0) is 35.4 Å². The highest BCUT2D eigenvalue weighted by Crippen LogP contribution is 2.19. The van der Waals surface area contributed by atoms with E-state index in [1.54, 1.807) is 18.3 Å². The van der Waals surface area contributed by atoms with Crippen LogP contribution in [0.5, 0.6) is 5.75 Å². The zero-order chi connectivity index (χ0) is 25.2. The number of hydrogen-bond donors (Lipinski definition) is 3. The first-order chi connectivity index (χ1) is 17.6. The molecule has 4 rings (SSSR count). The fourth-order valence-corrected chi connectivity index (χ4v) is 3.74. The summed E-state index contributed by atoms with van der Waals surface area (Å²) in [6.07, 6.45) is 1.60. The largest absolute Gasteiger partial charge is 0.488 e. The van der Waals surface area contributed by atoms with Crippen LogP contribution in [0, 0.1) is 5.82 Å². The molecule has 1 heterocycles. The van der Waals surface area contributed by atoms with E-state index in [-0.39, 0.29) is 23.4 Å². The molecule has 1 amide bonds. The number of hydrogen-bond acceptors (Lipinski definition) is 8. The van der Waals surface area contributed by atoms with Crippen molar-refractivity contribution in [1.82, 2.24) is 20.2 Å². The first-order valence-electron chi connectivity index (χ1n) is 11.0. The second-order valence-electron chi connectivity index (χ2n) is 7.55. The van der Waals surface area contributed by atoms with Crippen LogP contribution >= 0.6 is 11.8 Å². The van der Waals surface area contributed by atoms with Gasteiger partial charge in [-0.3, -0.25) is 4.79 Å². The fraction of sp³-hybridized carbons (Fsp3) is 0.120. The van der Waals surface area contributed by atoms with E-state index in [4.69, 9.17) is 10.6 Å². The molecule has 1 aromatic heterocycles. The van der Waals surface area contributed by atoms with Gasteiger partial charge < -0.3 is 15.9 Å². The van der Waals surface area contributed by atoms with Gasteiger partial charge >= 0.3 is 0 Å². The molecule has 4 N–H and O–H groups in total. The van der Waals surface area contributed by atoms with Crippen molar-refractivity contribution in [2.45, 2.75) is 18.3 Å². The number of carbonyl (C=O) groups excluding carboxylic acids is 1. The van der Waals surface area contributed by atoms with Crippen molar-refractivity contribution >= 4 is 29.8 Å². The van der Waals surface area contributed by atoms with Crippen LogP contribution in [0.3, 0.4) is 0 Å². The summed E-state index contributed by atoms with van der Waals surface area (Å²) >= 11 is 1.13. The molecule has 0 unspecified atom stereocenters. The number of rotatable bonds is 11. The summed E-state index contributed by atoms with van der Waals surface area (Å²) in [6.45, 7) is 0.737. The number of benzene rings is 3. The Kier molecular flexibility index (Phi) is 8.49. The van der Waals surface area contributed by atoms with Gasteiger partial charge in [-0.1, -0.05) is 66.4 Å². The number of nitrogen functional groups attached to an aromatic ring is 1. The number of nitrogens with one attached hydrogen (secondary N) is 2. The van der Waals surface area contributed by atoms with Crippen LogP contribution in [0.2, 0.25) is 0 Å². The number of nitrogens with zero attached hydrogens (tertiary/aromatic N) is 4. The van der Waals surface area contributed by atoms with Gasteiger partial charge in [0.05, 0.1) is 12.0 Å². The Hall–Kier alpha value is -4.38. The lowest BCUT2D eigenvalue weighted by Crippen LogP contribution is -2.25. The predicted molar refractivity (Wildman–Crippen MR) is 138 cm³/mol. The quantitative estimate of drug-likeness (QED) is 0.123. The van der Waals surface area contributed by atoms with Gasteiger partial charge in [0.25, 0.3) is 5.95 Å². The normalized spacial score (nSPS) is 10.9. The third kappa shape index (κ3) is 7.06. The van der Waals surface area contributed by atoms with Crippen molar-refractivity contribution in [1.29, 1.82) is 0 Å². The number of amides is 1. The van der Waals surface area contributed by atoms with Crippen molar-refractivity contribution in [2.75, 3.05) is 17.0 Å². The molecular formula is C25H24FN7O2S. The number of carbonyl (C=O) groups is 1. The van der Waals surface area contributed by atoms with Crippen LogP contribution in [0.4, 0.5) is 10.3 Å². The highest BCUT2D eigenvalue weighted by Gasteiger charge is 2.12. The zero-order valence-corrected chi connectivity index (χ0v) is 20.0. The Morgan fingerprint density at radius 1 is 1.03 bits per heavy atom. The third-order valence-corrected chi connectivity index (χ3v) is 5.87. The van der Waals surface area contributed by atoms with E-state index in [1.165, 1.54) is 16.8 Å². The second kappa shape index (κ2) is 12.4. The maximum Gasteiger partial charge on any atom is 0.264 e. The van der Waals surface area contributed by atoms with Crippen molar-refractivity contribution in [3.05, 3.63) is 101 Å². The molecule has 0 aliphatic heterocycles. The maximum absolute atomic E-state index is 13.0. The summed E-state index contributed by atoms with van der Waals surface area (Å²) in [5.74, 6) is 6.48. The number of nitrogens with two attached hydrogens (primary N) is 1. The fourth-order valence-electron chi connectivity index (χ4n) is 3.05. The molecule has 4 aromatic rings. The smallest absolute Gasteiger partial charge is 0.264 e. The molecule has 0 atom stereocenters. The first-order valence-corrected chi connectivity index (χ1v) is 12.0. The van der Waals surface area contributed by atoms with Gasteiger partial charge in [0.2, 0.25) is 11.1 Å². The summed E-state index contributed by atoms with van der Waals surface area (Å²) in [6, 6.07) is 23.3. The molecule has 0 aliphatic rings. The van der Waals surface area contributed by atoms with Gasteiger partial charge in [-0.25, -0.2) is 14.5 Å². The minimum Gasteiger partial charge on any atom is -0.488 e. The second-order valence-corrected chi connectivity index (χ2v) is 8.49. The highest BCUT2D eigenvalue weighted by atomic mass is 32.2. The van der Waals surface area contributed by atoms with E-state index in [0.29, 0.717) is 24.1 Å². The van der Waals surface area contributed by atoms with Crippen LogP contribution in [-0.4, -0.2) is 32.7 Å². The average Bonchev–Trinajstić information content (AvgIpc) is 3.26. The number of anilines is 1.